The topological polar surface area (TPSA) is 38.5 Å². The van der Waals surface area contributed by atoms with Gasteiger partial charge < -0.3 is 10.5 Å². The van der Waals surface area contributed by atoms with E-state index >= 15 is 0 Å². The lowest BCUT2D eigenvalue weighted by Gasteiger charge is -2.36. The Morgan fingerprint density at radius 2 is 2.05 bits per heavy atom. The first-order chi connectivity index (χ1) is 9.99. The number of halogens is 1. The van der Waals surface area contributed by atoms with Crippen molar-refractivity contribution >= 4 is 0 Å². The lowest BCUT2D eigenvalue weighted by molar-refractivity contribution is 0.0974. The molecule has 0 radical (unpaired) electrons. The molecular weight excluding hydrogens is 267 g/mol. The van der Waals surface area contributed by atoms with Crippen molar-refractivity contribution in [2.24, 2.45) is 11.7 Å². The van der Waals surface area contributed by atoms with E-state index < -0.39 is 0 Å². The molecule has 0 saturated heterocycles. The van der Waals surface area contributed by atoms with Crippen molar-refractivity contribution in [3.63, 3.8) is 0 Å². The highest BCUT2D eigenvalue weighted by Gasteiger charge is 2.26. The van der Waals surface area contributed by atoms with Crippen LogP contribution in [0.15, 0.2) is 24.3 Å². The lowest BCUT2D eigenvalue weighted by Crippen LogP contribution is -2.43. The van der Waals surface area contributed by atoms with Crippen LogP contribution in [0, 0.1) is 11.7 Å². The second-order valence-corrected chi connectivity index (χ2v) is 5.95. The zero-order chi connectivity index (χ0) is 15.8. The van der Waals surface area contributed by atoms with Crippen LogP contribution in [0.2, 0.25) is 0 Å². The van der Waals surface area contributed by atoms with Crippen LogP contribution in [-0.4, -0.2) is 37.7 Å². The van der Waals surface area contributed by atoms with Crippen molar-refractivity contribution in [1.29, 1.82) is 0 Å². The molecule has 2 atom stereocenters. The third-order valence-electron chi connectivity index (χ3n) is 3.64. The quantitative estimate of drug-likeness (QED) is 0.760. The Morgan fingerprint density at radius 1 is 1.33 bits per heavy atom. The molecular formula is C17H29FN2O. The monoisotopic (exact) mass is 296 g/mol. The van der Waals surface area contributed by atoms with Crippen molar-refractivity contribution in [3.05, 3.63) is 35.6 Å². The Balaban J connectivity index is 3.06. The first kappa shape index (κ1) is 18.1. The number of nitrogens with zero attached hydrogens (tertiary/aromatic N) is 1. The standard InChI is InChI=1S/C17H29FN2O/c1-5-16(19)17(14-7-6-8-15(18)11-14)20(9-10-21-4)12-13(2)3/h6-8,11,13,16-17H,5,9-10,12,19H2,1-4H3. The van der Waals surface area contributed by atoms with Crippen molar-refractivity contribution in [3.8, 4) is 0 Å². The van der Waals surface area contributed by atoms with E-state index in [9.17, 15) is 4.39 Å². The van der Waals surface area contributed by atoms with Gasteiger partial charge in [-0.3, -0.25) is 4.90 Å². The molecule has 120 valence electrons. The van der Waals surface area contributed by atoms with E-state index in [0.717, 1.165) is 25.1 Å². The maximum atomic E-state index is 13.6. The largest absolute Gasteiger partial charge is 0.383 e. The summed E-state index contributed by atoms with van der Waals surface area (Å²) in [7, 11) is 1.70. The van der Waals surface area contributed by atoms with E-state index in [-0.39, 0.29) is 17.9 Å². The molecule has 1 aromatic carbocycles. The van der Waals surface area contributed by atoms with Crippen molar-refractivity contribution in [2.75, 3.05) is 26.8 Å². The Morgan fingerprint density at radius 3 is 2.57 bits per heavy atom. The first-order valence-corrected chi connectivity index (χ1v) is 7.73. The highest BCUT2D eigenvalue weighted by atomic mass is 19.1. The number of ether oxygens (including phenoxy) is 1. The van der Waals surface area contributed by atoms with Gasteiger partial charge in [0.2, 0.25) is 0 Å². The summed E-state index contributed by atoms with van der Waals surface area (Å²) in [5.41, 5.74) is 7.29. The van der Waals surface area contributed by atoms with Crippen LogP contribution in [0.5, 0.6) is 0 Å². The molecule has 21 heavy (non-hydrogen) atoms. The molecule has 3 nitrogen and oxygen atoms in total. The predicted octanol–water partition coefficient (Wildman–Crippen LogP) is 3.21. The second kappa shape index (κ2) is 9.13. The molecule has 0 saturated carbocycles. The highest BCUT2D eigenvalue weighted by molar-refractivity contribution is 5.22. The van der Waals surface area contributed by atoms with Crippen LogP contribution < -0.4 is 5.73 Å². The van der Waals surface area contributed by atoms with E-state index in [1.54, 1.807) is 19.2 Å². The van der Waals surface area contributed by atoms with E-state index in [0.29, 0.717) is 12.5 Å². The van der Waals surface area contributed by atoms with Gasteiger partial charge in [-0.1, -0.05) is 32.9 Å². The Labute approximate surface area is 128 Å². The summed E-state index contributed by atoms with van der Waals surface area (Å²) in [4.78, 5) is 2.32. The maximum Gasteiger partial charge on any atom is 0.123 e. The van der Waals surface area contributed by atoms with Crippen LogP contribution in [0.4, 0.5) is 4.39 Å². The Bertz CT molecular complexity index is 412. The number of nitrogens with two attached hydrogens (primary N) is 1. The van der Waals surface area contributed by atoms with Gasteiger partial charge in [0.15, 0.2) is 0 Å². The summed E-state index contributed by atoms with van der Waals surface area (Å²) in [6, 6.07) is 6.78. The molecule has 0 spiro atoms. The molecule has 0 heterocycles. The first-order valence-electron chi connectivity index (χ1n) is 7.73. The molecule has 0 aliphatic heterocycles. The summed E-state index contributed by atoms with van der Waals surface area (Å²) in [6.07, 6.45) is 0.850. The van der Waals surface area contributed by atoms with E-state index in [1.807, 2.05) is 6.07 Å². The number of hydrogen-bond donors (Lipinski definition) is 1. The zero-order valence-electron chi connectivity index (χ0n) is 13.7. The summed E-state index contributed by atoms with van der Waals surface area (Å²) in [5.74, 6) is 0.305. The summed E-state index contributed by atoms with van der Waals surface area (Å²) in [5, 5.41) is 0. The van der Waals surface area contributed by atoms with Gasteiger partial charge in [-0.05, 0) is 30.0 Å². The molecule has 1 rings (SSSR count). The van der Waals surface area contributed by atoms with Crippen molar-refractivity contribution in [1.82, 2.24) is 4.90 Å². The average Bonchev–Trinajstić information content (AvgIpc) is 2.44. The summed E-state index contributed by atoms with van der Waals surface area (Å²) < 4.78 is 18.8. The molecule has 0 bridgehead atoms. The predicted molar refractivity (Wildman–Crippen MR) is 85.7 cm³/mol. The van der Waals surface area contributed by atoms with Gasteiger partial charge in [-0.25, -0.2) is 4.39 Å². The maximum absolute atomic E-state index is 13.6. The van der Waals surface area contributed by atoms with Gasteiger partial charge in [0.1, 0.15) is 5.82 Å². The molecule has 0 aliphatic rings. The fraction of sp³-hybridized carbons (Fsp3) is 0.647. The molecule has 2 N–H and O–H groups in total. The molecule has 0 amide bonds. The lowest BCUT2D eigenvalue weighted by atomic mass is 9.95. The minimum atomic E-state index is -0.211. The number of methoxy groups -OCH3 is 1. The van der Waals surface area contributed by atoms with E-state index in [2.05, 4.69) is 25.7 Å². The number of benzene rings is 1. The van der Waals surface area contributed by atoms with Gasteiger partial charge in [0.25, 0.3) is 0 Å². The third-order valence-corrected chi connectivity index (χ3v) is 3.64. The van der Waals surface area contributed by atoms with Gasteiger partial charge in [-0.15, -0.1) is 0 Å². The molecule has 0 aromatic heterocycles. The Hall–Kier alpha value is -0.970. The van der Waals surface area contributed by atoms with Gasteiger partial charge in [0, 0.05) is 26.2 Å². The smallest absolute Gasteiger partial charge is 0.123 e. The van der Waals surface area contributed by atoms with Crippen LogP contribution in [0.3, 0.4) is 0 Å². The fourth-order valence-corrected chi connectivity index (χ4v) is 2.66. The highest BCUT2D eigenvalue weighted by Crippen LogP contribution is 2.26. The zero-order valence-corrected chi connectivity index (χ0v) is 13.7. The van der Waals surface area contributed by atoms with Gasteiger partial charge in [-0.2, -0.15) is 0 Å². The number of hydrogen-bond acceptors (Lipinski definition) is 3. The molecule has 4 heteroatoms. The SMILES string of the molecule is CCC(N)C(c1cccc(F)c1)N(CCOC)CC(C)C. The average molecular weight is 296 g/mol. The fourth-order valence-electron chi connectivity index (χ4n) is 2.66. The molecule has 1 aromatic rings. The van der Waals surface area contributed by atoms with Crippen LogP contribution in [0.25, 0.3) is 0 Å². The summed E-state index contributed by atoms with van der Waals surface area (Å²) in [6.45, 7) is 8.79. The second-order valence-electron chi connectivity index (χ2n) is 5.95. The molecule has 0 aliphatic carbocycles. The minimum absolute atomic E-state index is 0.0169. The van der Waals surface area contributed by atoms with E-state index in [4.69, 9.17) is 10.5 Å². The minimum Gasteiger partial charge on any atom is -0.383 e. The van der Waals surface area contributed by atoms with Gasteiger partial charge in [0.05, 0.1) is 12.6 Å². The van der Waals surface area contributed by atoms with E-state index in [1.165, 1.54) is 6.07 Å². The normalized spacial score (nSPS) is 14.7. The van der Waals surface area contributed by atoms with Crippen molar-refractivity contribution in [2.45, 2.75) is 39.3 Å². The molecule has 0 fully saturated rings. The van der Waals surface area contributed by atoms with Crippen LogP contribution in [-0.2, 0) is 4.74 Å². The van der Waals surface area contributed by atoms with Crippen LogP contribution in [0.1, 0.15) is 38.8 Å². The van der Waals surface area contributed by atoms with Crippen LogP contribution >= 0.6 is 0 Å². The third kappa shape index (κ3) is 5.73. The van der Waals surface area contributed by atoms with Crippen molar-refractivity contribution < 1.29 is 9.13 Å². The summed E-state index contributed by atoms with van der Waals surface area (Å²) >= 11 is 0. The van der Waals surface area contributed by atoms with Gasteiger partial charge >= 0.3 is 0 Å². The molecule has 2 unspecified atom stereocenters. The number of rotatable bonds is 9. The Kier molecular flexibility index (Phi) is 7.86.